The molecule has 0 aliphatic carbocycles. The summed E-state index contributed by atoms with van der Waals surface area (Å²) in [6.07, 6.45) is 0. The van der Waals surface area contributed by atoms with Crippen LogP contribution >= 0.6 is 23.8 Å². The van der Waals surface area contributed by atoms with Crippen molar-refractivity contribution in [2.24, 2.45) is 0 Å². The summed E-state index contributed by atoms with van der Waals surface area (Å²) in [5.74, 6) is 1.15. The van der Waals surface area contributed by atoms with Gasteiger partial charge in [0.25, 0.3) is 0 Å². The van der Waals surface area contributed by atoms with Crippen LogP contribution in [0.4, 0.5) is 0 Å². The zero-order chi connectivity index (χ0) is 12.4. The molecule has 2 aromatic rings. The first-order valence-corrected chi connectivity index (χ1v) is 5.86. The van der Waals surface area contributed by atoms with Gasteiger partial charge in [-0.25, -0.2) is 0 Å². The highest BCUT2D eigenvalue weighted by Gasteiger charge is 2.05. The second-order valence-electron chi connectivity index (χ2n) is 3.67. The number of aryl methyl sites for hydroxylation is 1. The molecule has 3 nitrogen and oxygen atoms in total. The van der Waals surface area contributed by atoms with Crippen molar-refractivity contribution in [3.05, 3.63) is 45.3 Å². The monoisotopic (exact) mass is 266 g/mol. The number of hydrogen-bond donors (Lipinski definition) is 1. The normalized spacial score (nSPS) is 10.3. The van der Waals surface area contributed by atoms with Crippen molar-refractivity contribution in [2.45, 2.75) is 13.8 Å². The topological polar surface area (TPSA) is 37.9 Å². The molecule has 0 aliphatic rings. The Kier molecular flexibility index (Phi) is 3.45. The minimum atomic E-state index is 0.304. The van der Waals surface area contributed by atoms with Gasteiger partial charge in [0.2, 0.25) is 10.7 Å². The lowest BCUT2D eigenvalue weighted by Crippen LogP contribution is -1.93. The molecule has 0 unspecified atom stereocenters. The Balaban J connectivity index is 2.38. The van der Waals surface area contributed by atoms with E-state index in [1.54, 1.807) is 6.07 Å². The summed E-state index contributed by atoms with van der Waals surface area (Å²) in [5.41, 5.74) is 2.24. The molecule has 1 aromatic heterocycles. The van der Waals surface area contributed by atoms with Gasteiger partial charge in [-0.15, -0.1) is 0 Å². The van der Waals surface area contributed by atoms with Crippen LogP contribution in [-0.2, 0) is 0 Å². The smallest absolute Gasteiger partial charge is 0.224 e. The molecule has 17 heavy (non-hydrogen) atoms. The molecule has 1 heterocycles. The molecule has 2 rings (SSSR count). The minimum Gasteiger partial charge on any atom is -0.439 e. The largest absolute Gasteiger partial charge is 0.439 e. The number of nitrogens with zero attached hydrogens (tertiary/aromatic N) is 1. The van der Waals surface area contributed by atoms with Crippen LogP contribution in [0.1, 0.15) is 11.1 Å². The van der Waals surface area contributed by atoms with Crippen LogP contribution in [-0.4, -0.2) is 9.97 Å². The van der Waals surface area contributed by atoms with Gasteiger partial charge in [-0.05, 0) is 43.3 Å². The fourth-order valence-electron chi connectivity index (χ4n) is 1.41. The third-order valence-electron chi connectivity index (χ3n) is 2.46. The van der Waals surface area contributed by atoms with Crippen LogP contribution in [0.15, 0.2) is 24.3 Å². The van der Waals surface area contributed by atoms with Gasteiger partial charge in [-0.3, -0.25) is 0 Å². The number of ether oxygens (including phenoxy) is 1. The quantitative estimate of drug-likeness (QED) is 0.654. The molecule has 1 aromatic carbocycles. The van der Waals surface area contributed by atoms with Crippen molar-refractivity contribution in [3.8, 4) is 11.6 Å². The molecular formula is C12H11ClN2OS. The van der Waals surface area contributed by atoms with Gasteiger partial charge in [0, 0.05) is 6.07 Å². The second-order valence-corrected chi connectivity index (χ2v) is 4.47. The average molecular weight is 267 g/mol. The van der Waals surface area contributed by atoms with Crippen LogP contribution in [0.2, 0.25) is 5.15 Å². The average Bonchev–Trinajstić information content (AvgIpc) is 2.23. The Bertz CT molecular complexity index is 610. The summed E-state index contributed by atoms with van der Waals surface area (Å²) in [6, 6.07) is 7.44. The lowest BCUT2D eigenvalue weighted by Gasteiger charge is -2.09. The maximum absolute atomic E-state index is 5.85. The van der Waals surface area contributed by atoms with Gasteiger partial charge in [0.1, 0.15) is 10.9 Å². The zero-order valence-electron chi connectivity index (χ0n) is 9.45. The van der Waals surface area contributed by atoms with E-state index in [2.05, 4.69) is 9.97 Å². The predicted octanol–water partition coefficient (Wildman–Crippen LogP) is 4.20. The molecule has 0 bridgehead atoms. The van der Waals surface area contributed by atoms with Gasteiger partial charge in [-0.1, -0.05) is 23.7 Å². The van der Waals surface area contributed by atoms with E-state index in [4.69, 9.17) is 28.6 Å². The van der Waals surface area contributed by atoms with E-state index >= 15 is 0 Å². The Morgan fingerprint density at radius 3 is 2.82 bits per heavy atom. The van der Waals surface area contributed by atoms with E-state index < -0.39 is 0 Å². The molecular weight excluding hydrogens is 256 g/mol. The highest BCUT2D eigenvalue weighted by molar-refractivity contribution is 7.71. The van der Waals surface area contributed by atoms with Crippen LogP contribution in [0.3, 0.4) is 0 Å². The SMILES string of the molecule is Cc1cccc(Oc2cc(Cl)[nH]c(=S)n2)c1C. The Hall–Kier alpha value is -1.39. The van der Waals surface area contributed by atoms with Crippen LogP contribution in [0.5, 0.6) is 11.6 Å². The van der Waals surface area contributed by atoms with Crippen LogP contribution < -0.4 is 4.74 Å². The van der Waals surface area contributed by atoms with E-state index in [0.717, 1.165) is 16.9 Å². The number of aromatic amines is 1. The number of benzene rings is 1. The highest BCUT2D eigenvalue weighted by atomic mass is 35.5. The highest BCUT2D eigenvalue weighted by Crippen LogP contribution is 2.26. The fourth-order valence-corrected chi connectivity index (χ4v) is 1.85. The predicted molar refractivity (Wildman–Crippen MR) is 70.4 cm³/mol. The Morgan fingerprint density at radius 1 is 1.35 bits per heavy atom. The standard InChI is InChI=1S/C12H11ClN2OS/c1-7-4-3-5-9(8(7)2)16-11-6-10(13)14-12(17)15-11/h3-6H,1-2H3,(H,14,15,17). The number of nitrogens with one attached hydrogen (secondary N) is 1. The maximum atomic E-state index is 5.85. The van der Waals surface area contributed by atoms with E-state index in [-0.39, 0.29) is 0 Å². The molecule has 0 fully saturated rings. The molecule has 0 aliphatic heterocycles. The summed E-state index contributed by atoms with van der Waals surface area (Å²) < 4.78 is 5.97. The second kappa shape index (κ2) is 4.85. The molecule has 0 radical (unpaired) electrons. The molecule has 0 atom stereocenters. The van der Waals surface area contributed by atoms with Gasteiger partial charge < -0.3 is 9.72 Å². The summed E-state index contributed by atoms with van der Waals surface area (Å²) in [7, 11) is 0. The first-order chi connectivity index (χ1) is 8.06. The first kappa shape index (κ1) is 12.1. The molecule has 0 saturated carbocycles. The van der Waals surface area contributed by atoms with Gasteiger partial charge in [-0.2, -0.15) is 4.98 Å². The molecule has 0 spiro atoms. The lowest BCUT2D eigenvalue weighted by molar-refractivity contribution is 0.457. The number of rotatable bonds is 2. The fraction of sp³-hybridized carbons (Fsp3) is 0.167. The van der Waals surface area contributed by atoms with Crippen molar-refractivity contribution < 1.29 is 4.74 Å². The van der Waals surface area contributed by atoms with Crippen molar-refractivity contribution in [1.82, 2.24) is 9.97 Å². The van der Waals surface area contributed by atoms with Crippen molar-refractivity contribution in [3.63, 3.8) is 0 Å². The first-order valence-electron chi connectivity index (χ1n) is 5.07. The van der Waals surface area contributed by atoms with Crippen molar-refractivity contribution >= 4 is 23.8 Å². The third kappa shape index (κ3) is 2.84. The summed E-state index contributed by atoms with van der Waals surface area (Å²) in [6.45, 7) is 4.02. The molecule has 0 amide bonds. The van der Waals surface area contributed by atoms with Gasteiger partial charge >= 0.3 is 0 Å². The number of halogens is 1. The van der Waals surface area contributed by atoms with Crippen LogP contribution in [0, 0.1) is 18.6 Å². The summed E-state index contributed by atoms with van der Waals surface area (Å²) >= 11 is 10.8. The van der Waals surface area contributed by atoms with Gasteiger partial charge in [0.15, 0.2) is 0 Å². The zero-order valence-corrected chi connectivity index (χ0v) is 11.0. The third-order valence-corrected chi connectivity index (χ3v) is 2.85. The minimum absolute atomic E-state index is 0.304. The Morgan fingerprint density at radius 2 is 2.12 bits per heavy atom. The van der Waals surface area contributed by atoms with Crippen LogP contribution in [0.25, 0.3) is 0 Å². The number of hydrogen-bond acceptors (Lipinski definition) is 3. The van der Waals surface area contributed by atoms with E-state index in [9.17, 15) is 0 Å². The van der Waals surface area contributed by atoms with E-state index in [1.165, 1.54) is 0 Å². The molecule has 1 N–H and O–H groups in total. The van der Waals surface area contributed by atoms with E-state index in [1.807, 2.05) is 32.0 Å². The number of aromatic nitrogens is 2. The van der Waals surface area contributed by atoms with Crippen molar-refractivity contribution in [2.75, 3.05) is 0 Å². The summed E-state index contributed by atoms with van der Waals surface area (Å²) in [4.78, 5) is 6.76. The van der Waals surface area contributed by atoms with Gasteiger partial charge in [0.05, 0.1) is 0 Å². The lowest BCUT2D eigenvalue weighted by atomic mass is 10.1. The molecule has 0 saturated heterocycles. The van der Waals surface area contributed by atoms with E-state index in [0.29, 0.717) is 15.8 Å². The molecule has 88 valence electrons. The van der Waals surface area contributed by atoms with Crippen molar-refractivity contribution in [1.29, 1.82) is 0 Å². The summed E-state index contributed by atoms with van der Waals surface area (Å²) in [5, 5.41) is 0.408. The maximum Gasteiger partial charge on any atom is 0.224 e. The molecule has 5 heteroatoms. The number of H-pyrrole nitrogens is 1. The Labute approximate surface area is 109 Å².